The molecule has 0 aliphatic carbocycles. The van der Waals surface area contributed by atoms with E-state index >= 15 is 0 Å². The first-order chi connectivity index (χ1) is 9.99. The summed E-state index contributed by atoms with van der Waals surface area (Å²) in [6.07, 6.45) is -0.675. The number of para-hydroxylation sites is 1. The van der Waals surface area contributed by atoms with E-state index in [-0.39, 0.29) is 5.91 Å². The molecule has 0 aliphatic heterocycles. The molecule has 4 nitrogen and oxygen atoms in total. The number of nitrogens with one attached hydrogen (secondary N) is 1. The molecule has 110 valence electrons. The van der Waals surface area contributed by atoms with Gasteiger partial charge in [-0.2, -0.15) is 0 Å². The van der Waals surface area contributed by atoms with Crippen molar-refractivity contribution in [3.05, 3.63) is 53.1 Å². The number of ether oxygens (including phenoxy) is 1. The van der Waals surface area contributed by atoms with Crippen molar-refractivity contribution in [2.24, 2.45) is 0 Å². The Kier molecular flexibility index (Phi) is 4.70. The van der Waals surface area contributed by atoms with Crippen LogP contribution in [0.2, 0.25) is 5.02 Å². The third kappa shape index (κ3) is 3.67. The van der Waals surface area contributed by atoms with Crippen molar-refractivity contribution in [1.82, 2.24) is 0 Å². The molecule has 0 aliphatic rings. The molecule has 0 aromatic heterocycles. The van der Waals surface area contributed by atoms with Crippen molar-refractivity contribution in [3.63, 3.8) is 0 Å². The van der Waals surface area contributed by atoms with Gasteiger partial charge in [0.05, 0.1) is 5.02 Å². The summed E-state index contributed by atoms with van der Waals surface area (Å²) in [6.45, 7) is 3.52. The van der Waals surface area contributed by atoms with Crippen LogP contribution in [0.1, 0.15) is 12.5 Å². The van der Waals surface area contributed by atoms with E-state index in [0.717, 1.165) is 5.56 Å². The topological polar surface area (TPSA) is 64.3 Å². The summed E-state index contributed by atoms with van der Waals surface area (Å²) in [5.74, 6) is 0.217. The van der Waals surface area contributed by atoms with Gasteiger partial charge in [-0.05, 0) is 43.7 Å². The van der Waals surface area contributed by atoms with Gasteiger partial charge in [-0.25, -0.2) is 0 Å². The molecule has 3 N–H and O–H groups in total. The minimum atomic E-state index is -0.675. The molecule has 2 aromatic rings. The van der Waals surface area contributed by atoms with E-state index in [1.807, 2.05) is 6.92 Å². The van der Waals surface area contributed by atoms with Crippen LogP contribution in [0, 0.1) is 6.92 Å². The lowest BCUT2D eigenvalue weighted by Gasteiger charge is -2.17. The standard InChI is InChI=1S/C16H17ClN2O2/c1-10-13(18)7-5-8-14(10)19-16(20)11(2)21-15-9-4-3-6-12(15)17/h3-9,11H,18H2,1-2H3,(H,19,20)/t11-/m1/s1. The number of hydrogen-bond acceptors (Lipinski definition) is 3. The van der Waals surface area contributed by atoms with Crippen LogP contribution < -0.4 is 15.8 Å². The summed E-state index contributed by atoms with van der Waals surface area (Å²) < 4.78 is 5.57. The maximum absolute atomic E-state index is 12.2. The fourth-order valence-corrected chi connectivity index (χ4v) is 1.99. The van der Waals surface area contributed by atoms with Crippen LogP contribution in [0.5, 0.6) is 5.75 Å². The monoisotopic (exact) mass is 304 g/mol. The van der Waals surface area contributed by atoms with Gasteiger partial charge < -0.3 is 15.8 Å². The molecule has 2 aromatic carbocycles. The molecule has 1 atom stereocenters. The quantitative estimate of drug-likeness (QED) is 0.848. The summed E-state index contributed by atoms with van der Waals surface area (Å²) in [7, 11) is 0. The van der Waals surface area contributed by atoms with E-state index in [1.165, 1.54) is 0 Å². The Morgan fingerprint density at radius 3 is 2.67 bits per heavy atom. The van der Waals surface area contributed by atoms with Gasteiger partial charge in [0.2, 0.25) is 0 Å². The molecule has 0 saturated carbocycles. The lowest BCUT2D eigenvalue weighted by molar-refractivity contribution is -0.122. The Bertz CT molecular complexity index is 658. The van der Waals surface area contributed by atoms with Crippen molar-refractivity contribution in [2.75, 3.05) is 11.1 Å². The number of anilines is 2. The van der Waals surface area contributed by atoms with E-state index < -0.39 is 6.10 Å². The summed E-state index contributed by atoms with van der Waals surface area (Å²) in [4.78, 5) is 12.2. The van der Waals surface area contributed by atoms with Crippen molar-refractivity contribution in [2.45, 2.75) is 20.0 Å². The third-order valence-electron chi connectivity index (χ3n) is 3.14. The average Bonchev–Trinajstić information content (AvgIpc) is 2.46. The van der Waals surface area contributed by atoms with E-state index in [1.54, 1.807) is 49.4 Å². The Balaban J connectivity index is 2.06. The van der Waals surface area contributed by atoms with Gasteiger partial charge in [0.15, 0.2) is 6.10 Å². The number of rotatable bonds is 4. The second kappa shape index (κ2) is 6.50. The predicted octanol–water partition coefficient (Wildman–Crippen LogP) is 3.64. The van der Waals surface area contributed by atoms with E-state index in [2.05, 4.69) is 5.32 Å². The molecule has 0 spiro atoms. The summed E-state index contributed by atoms with van der Waals surface area (Å²) >= 11 is 6.01. The smallest absolute Gasteiger partial charge is 0.265 e. The Labute approximate surface area is 128 Å². The zero-order chi connectivity index (χ0) is 15.4. The number of carbonyl (C=O) groups excluding carboxylic acids is 1. The lowest BCUT2D eigenvalue weighted by Crippen LogP contribution is -2.30. The molecular formula is C16H17ClN2O2. The van der Waals surface area contributed by atoms with Crippen molar-refractivity contribution < 1.29 is 9.53 Å². The highest BCUT2D eigenvalue weighted by atomic mass is 35.5. The molecule has 0 saturated heterocycles. The summed E-state index contributed by atoms with van der Waals surface area (Å²) in [5, 5.41) is 3.27. The van der Waals surface area contributed by atoms with Crippen LogP contribution in [0.3, 0.4) is 0 Å². The zero-order valence-electron chi connectivity index (χ0n) is 11.9. The molecule has 2 rings (SSSR count). The molecule has 0 bridgehead atoms. The lowest BCUT2D eigenvalue weighted by atomic mass is 10.1. The van der Waals surface area contributed by atoms with Crippen LogP contribution in [0.15, 0.2) is 42.5 Å². The van der Waals surface area contributed by atoms with Gasteiger partial charge in [0.1, 0.15) is 5.75 Å². The molecule has 0 radical (unpaired) electrons. The third-order valence-corrected chi connectivity index (χ3v) is 3.46. The SMILES string of the molecule is Cc1c(N)cccc1NC(=O)[C@@H](C)Oc1ccccc1Cl. The Morgan fingerprint density at radius 2 is 1.95 bits per heavy atom. The second-order valence-electron chi connectivity index (χ2n) is 4.70. The molecule has 5 heteroatoms. The Hall–Kier alpha value is -2.20. The predicted molar refractivity (Wildman–Crippen MR) is 85.8 cm³/mol. The van der Waals surface area contributed by atoms with E-state index in [9.17, 15) is 4.79 Å². The largest absolute Gasteiger partial charge is 0.479 e. The van der Waals surface area contributed by atoms with Crippen molar-refractivity contribution >= 4 is 28.9 Å². The normalized spacial score (nSPS) is 11.8. The number of carbonyl (C=O) groups is 1. The maximum Gasteiger partial charge on any atom is 0.265 e. The highest BCUT2D eigenvalue weighted by Crippen LogP contribution is 2.25. The minimum Gasteiger partial charge on any atom is -0.479 e. The molecule has 0 heterocycles. The maximum atomic E-state index is 12.2. The minimum absolute atomic E-state index is 0.261. The number of amides is 1. The van der Waals surface area contributed by atoms with Crippen molar-refractivity contribution in [1.29, 1.82) is 0 Å². The van der Waals surface area contributed by atoms with Crippen molar-refractivity contribution in [3.8, 4) is 5.75 Å². The van der Waals surface area contributed by atoms with Gasteiger partial charge in [-0.1, -0.05) is 29.8 Å². The van der Waals surface area contributed by atoms with Crippen LogP contribution in [-0.4, -0.2) is 12.0 Å². The van der Waals surface area contributed by atoms with Gasteiger partial charge >= 0.3 is 0 Å². The zero-order valence-corrected chi connectivity index (χ0v) is 12.6. The molecule has 1 amide bonds. The van der Waals surface area contributed by atoms with E-state index in [4.69, 9.17) is 22.1 Å². The highest BCUT2D eigenvalue weighted by Gasteiger charge is 2.17. The second-order valence-corrected chi connectivity index (χ2v) is 5.11. The van der Waals surface area contributed by atoms with Gasteiger partial charge in [0.25, 0.3) is 5.91 Å². The highest BCUT2D eigenvalue weighted by molar-refractivity contribution is 6.32. The van der Waals surface area contributed by atoms with Gasteiger partial charge in [0, 0.05) is 11.4 Å². The summed E-state index contributed by atoms with van der Waals surface area (Å²) in [5.41, 5.74) is 7.95. The van der Waals surface area contributed by atoms with Gasteiger partial charge in [-0.15, -0.1) is 0 Å². The van der Waals surface area contributed by atoms with Crippen LogP contribution >= 0.6 is 11.6 Å². The fourth-order valence-electron chi connectivity index (χ4n) is 1.81. The van der Waals surface area contributed by atoms with Gasteiger partial charge in [-0.3, -0.25) is 4.79 Å². The fraction of sp³-hybridized carbons (Fsp3) is 0.188. The Morgan fingerprint density at radius 1 is 1.24 bits per heavy atom. The number of nitrogens with two attached hydrogens (primary N) is 1. The first-order valence-corrected chi connectivity index (χ1v) is 6.94. The number of nitrogen functional groups attached to an aromatic ring is 1. The molecular weight excluding hydrogens is 288 g/mol. The van der Waals surface area contributed by atoms with E-state index in [0.29, 0.717) is 22.1 Å². The molecule has 0 unspecified atom stereocenters. The first kappa shape index (κ1) is 15.2. The van der Waals surface area contributed by atoms with Crippen LogP contribution in [0.25, 0.3) is 0 Å². The van der Waals surface area contributed by atoms with Crippen LogP contribution in [0.4, 0.5) is 11.4 Å². The molecule has 21 heavy (non-hydrogen) atoms. The number of benzene rings is 2. The number of halogens is 1. The number of hydrogen-bond donors (Lipinski definition) is 2. The average molecular weight is 305 g/mol. The van der Waals surface area contributed by atoms with Crippen LogP contribution in [-0.2, 0) is 4.79 Å². The first-order valence-electron chi connectivity index (χ1n) is 6.56. The molecule has 0 fully saturated rings. The summed E-state index contributed by atoms with van der Waals surface area (Å²) in [6, 6.07) is 12.4.